The third-order valence-electron chi connectivity index (χ3n) is 9.67. The van der Waals surface area contributed by atoms with Crippen LogP contribution in [0.1, 0.15) is 25.0 Å². The van der Waals surface area contributed by atoms with Crippen LogP contribution in [0.5, 0.6) is 0 Å². The summed E-state index contributed by atoms with van der Waals surface area (Å²) in [5, 5.41) is 5.09. The Morgan fingerprint density at radius 2 is 1.13 bits per heavy atom. The van der Waals surface area contributed by atoms with Crippen molar-refractivity contribution in [1.29, 1.82) is 0 Å². The summed E-state index contributed by atoms with van der Waals surface area (Å²) in [6.45, 7) is 4.69. The second-order valence-electron chi connectivity index (χ2n) is 12.6. The van der Waals surface area contributed by atoms with E-state index >= 15 is 0 Å². The average molecular weight is 594 g/mol. The summed E-state index contributed by atoms with van der Waals surface area (Å²) < 4.78 is 2.64. The van der Waals surface area contributed by atoms with Crippen molar-refractivity contribution in [3.8, 4) is 22.3 Å². The molecule has 0 saturated heterocycles. The van der Waals surface area contributed by atoms with Gasteiger partial charge in [-0.05, 0) is 87.3 Å². The molecule has 0 saturated carbocycles. The summed E-state index contributed by atoms with van der Waals surface area (Å²) in [6.07, 6.45) is 0. The predicted octanol–water partition coefficient (Wildman–Crippen LogP) is 12.7. The highest BCUT2D eigenvalue weighted by Crippen LogP contribution is 2.50. The van der Waals surface area contributed by atoms with Crippen molar-refractivity contribution in [1.82, 2.24) is 0 Å². The lowest BCUT2D eigenvalue weighted by Gasteiger charge is -2.27. The van der Waals surface area contributed by atoms with Crippen LogP contribution in [-0.4, -0.2) is 0 Å². The smallest absolute Gasteiger partial charge is 0.0540 e. The molecule has 214 valence electrons. The number of benzene rings is 7. The van der Waals surface area contributed by atoms with E-state index < -0.39 is 0 Å². The first-order valence-corrected chi connectivity index (χ1v) is 16.4. The molecule has 0 fully saturated rings. The van der Waals surface area contributed by atoms with Gasteiger partial charge in [0.25, 0.3) is 0 Å². The summed E-state index contributed by atoms with van der Waals surface area (Å²) >= 11 is 1.86. The quantitative estimate of drug-likeness (QED) is 0.196. The molecule has 0 N–H and O–H groups in total. The molecule has 1 heterocycles. The van der Waals surface area contributed by atoms with Gasteiger partial charge in [0.05, 0.1) is 5.69 Å². The Labute approximate surface area is 267 Å². The Balaban J connectivity index is 1.18. The first-order chi connectivity index (χ1) is 22.1. The lowest BCUT2D eigenvalue weighted by atomic mass is 9.81. The second-order valence-corrected chi connectivity index (χ2v) is 13.7. The molecule has 1 aliphatic carbocycles. The van der Waals surface area contributed by atoms with Crippen LogP contribution in [0.25, 0.3) is 53.2 Å². The van der Waals surface area contributed by atoms with Crippen LogP contribution >= 0.6 is 11.3 Å². The molecule has 0 bridgehead atoms. The van der Waals surface area contributed by atoms with Gasteiger partial charge >= 0.3 is 0 Å². The van der Waals surface area contributed by atoms with E-state index in [0.29, 0.717) is 0 Å². The minimum absolute atomic E-state index is 0.0164. The lowest BCUT2D eigenvalue weighted by molar-refractivity contribution is 0.660. The van der Waals surface area contributed by atoms with Crippen LogP contribution < -0.4 is 4.90 Å². The number of hydrogen-bond acceptors (Lipinski definition) is 2. The molecule has 45 heavy (non-hydrogen) atoms. The van der Waals surface area contributed by atoms with E-state index in [-0.39, 0.29) is 5.41 Å². The van der Waals surface area contributed by atoms with Gasteiger partial charge < -0.3 is 4.90 Å². The number of rotatable bonds is 4. The van der Waals surface area contributed by atoms with Crippen molar-refractivity contribution in [3.63, 3.8) is 0 Å². The zero-order valence-electron chi connectivity index (χ0n) is 25.3. The average Bonchev–Trinajstić information content (AvgIpc) is 3.57. The van der Waals surface area contributed by atoms with Crippen LogP contribution in [0.2, 0.25) is 0 Å². The maximum absolute atomic E-state index is 2.42. The molecular formula is C43H31NS. The summed E-state index contributed by atoms with van der Waals surface area (Å²) in [4.78, 5) is 2.42. The molecule has 0 amide bonds. The predicted molar refractivity (Wildman–Crippen MR) is 195 cm³/mol. The number of thiophene rings is 1. The topological polar surface area (TPSA) is 3.24 Å². The first-order valence-electron chi connectivity index (χ1n) is 15.6. The van der Waals surface area contributed by atoms with Gasteiger partial charge in [-0.2, -0.15) is 0 Å². The van der Waals surface area contributed by atoms with Crippen molar-refractivity contribution in [2.24, 2.45) is 0 Å². The van der Waals surface area contributed by atoms with E-state index in [1.807, 2.05) is 11.3 Å². The third kappa shape index (κ3) is 4.06. The molecule has 0 atom stereocenters. The Kier molecular flexibility index (Phi) is 5.78. The van der Waals surface area contributed by atoms with Gasteiger partial charge in [0.2, 0.25) is 0 Å². The fourth-order valence-electron chi connectivity index (χ4n) is 7.37. The van der Waals surface area contributed by atoms with Gasteiger partial charge in [-0.15, -0.1) is 11.3 Å². The molecule has 1 aromatic heterocycles. The monoisotopic (exact) mass is 593 g/mol. The zero-order valence-corrected chi connectivity index (χ0v) is 26.1. The number of anilines is 3. The molecule has 0 radical (unpaired) electrons. The Hall–Kier alpha value is -5.18. The zero-order chi connectivity index (χ0) is 30.1. The van der Waals surface area contributed by atoms with Gasteiger partial charge in [-0.1, -0.05) is 117 Å². The van der Waals surface area contributed by atoms with E-state index in [1.54, 1.807) is 0 Å². The molecular weight excluding hydrogens is 563 g/mol. The van der Waals surface area contributed by atoms with E-state index in [0.717, 1.165) is 11.4 Å². The Morgan fingerprint density at radius 1 is 0.467 bits per heavy atom. The maximum Gasteiger partial charge on any atom is 0.0540 e. The van der Waals surface area contributed by atoms with Crippen molar-refractivity contribution < 1.29 is 0 Å². The van der Waals surface area contributed by atoms with Crippen LogP contribution in [0.4, 0.5) is 17.1 Å². The summed E-state index contributed by atoms with van der Waals surface area (Å²) in [5.74, 6) is 0. The van der Waals surface area contributed by atoms with E-state index in [2.05, 4.69) is 170 Å². The minimum atomic E-state index is -0.0164. The molecule has 1 nitrogen and oxygen atoms in total. The van der Waals surface area contributed by atoms with Crippen molar-refractivity contribution in [2.75, 3.05) is 4.90 Å². The van der Waals surface area contributed by atoms with Crippen LogP contribution in [0, 0.1) is 0 Å². The van der Waals surface area contributed by atoms with Gasteiger partial charge in [0.15, 0.2) is 0 Å². The second kappa shape index (κ2) is 9.92. The molecule has 2 heteroatoms. The number of fused-ring (bicyclic) bond motifs is 7. The highest BCUT2D eigenvalue weighted by molar-refractivity contribution is 7.25. The summed E-state index contributed by atoms with van der Waals surface area (Å²) in [7, 11) is 0. The molecule has 0 aliphatic heterocycles. The maximum atomic E-state index is 2.42. The highest BCUT2D eigenvalue weighted by atomic mass is 32.1. The van der Waals surface area contributed by atoms with E-state index in [9.17, 15) is 0 Å². The summed E-state index contributed by atoms with van der Waals surface area (Å²) in [5.41, 5.74) is 11.5. The molecule has 0 spiro atoms. The van der Waals surface area contributed by atoms with Crippen LogP contribution in [-0.2, 0) is 5.41 Å². The normalized spacial score (nSPS) is 13.3. The largest absolute Gasteiger partial charge is 0.310 e. The minimum Gasteiger partial charge on any atom is -0.310 e. The molecule has 8 aromatic rings. The van der Waals surface area contributed by atoms with Crippen LogP contribution in [0.15, 0.2) is 152 Å². The van der Waals surface area contributed by atoms with E-state index in [4.69, 9.17) is 0 Å². The van der Waals surface area contributed by atoms with Crippen LogP contribution in [0.3, 0.4) is 0 Å². The fourth-order valence-corrected chi connectivity index (χ4v) is 8.46. The van der Waals surface area contributed by atoms with Gasteiger partial charge in [-0.3, -0.25) is 0 Å². The summed E-state index contributed by atoms with van der Waals surface area (Å²) in [6, 6.07) is 55.9. The molecule has 0 unspecified atom stereocenters. The Bertz CT molecular complexity index is 2410. The van der Waals surface area contributed by atoms with Gasteiger partial charge in [-0.25, -0.2) is 0 Å². The van der Waals surface area contributed by atoms with Gasteiger partial charge in [0, 0.05) is 42.3 Å². The standard InChI is InChI=1S/C43H31NS/c1-43(2)38-15-7-5-13-34(38)35-24-20-30(26-39(35)43)28-18-21-31(22-19-28)44(40-16-9-11-29-10-3-4-12-33(29)40)32-23-25-42-37(27-32)36-14-6-8-17-41(36)45-42/h3-27H,1-2H3. The SMILES string of the molecule is CC1(C)c2ccccc2-c2ccc(-c3ccc(N(c4ccc5sc6ccccc6c5c4)c4cccc5ccccc45)cc3)cc21. The van der Waals surface area contributed by atoms with Crippen molar-refractivity contribution in [3.05, 3.63) is 163 Å². The lowest BCUT2D eigenvalue weighted by Crippen LogP contribution is -2.14. The van der Waals surface area contributed by atoms with Crippen molar-refractivity contribution in [2.45, 2.75) is 19.3 Å². The number of nitrogens with zero attached hydrogens (tertiary/aromatic N) is 1. The Morgan fingerprint density at radius 3 is 2.02 bits per heavy atom. The first kappa shape index (κ1) is 26.2. The third-order valence-corrected chi connectivity index (χ3v) is 10.8. The molecule has 9 rings (SSSR count). The van der Waals surface area contributed by atoms with Gasteiger partial charge in [0.1, 0.15) is 0 Å². The number of hydrogen-bond donors (Lipinski definition) is 0. The van der Waals surface area contributed by atoms with E-state index in [1.165, 1.54) is 70.0 Å². The molecule has 1 aliphatic rings. The fraction of sp³-hybridized carbons (Fsp3) is 0.0698. The highest BCUT2D eigenvalue weighted by Gasteiger charge is 2.35. The van der Waals surface area contributed by atoms with Crippen molar-refractivity contribution >= 4 is 59.3 Å². The molecule has 7 aromatic carbocycles.